The lowest BCUT2D eigenvalue weighted by atomic mass is 10.2. The number of benzene rings is 1. The van der Waals surface area contributed by atoms with E-state index in [1.807, 2.05) is 12.1 Å². The molecule has 0 aliphatic heterocycles. The van der Waals surface area contributed by atoms with Crippen molar-refractivity contribution in [3.05, 3.63) is 47.0 Å². The maximum absolute atomic E-state index is 4.28. The predicted molar refractivity (Wildman–Crippen MR) is 82.6 cm³/mol. The molecule has 0 unspecified atom stereocenters. The Morgan fingerprint density at radius 3 is 2.68 bits per heavy atom. The van der Waals surface area contributed by atoms with Crippen LogP contribution in [0, 0.1) is 0 Å². The normalized spacial score (nSPS) is 10.4. The highest BCUT2D eigenvalue weighted by molar-refractivity contribution is 9.10. The molecule has 2 aromatic heterocycles. The third kappa shape index (κ3) is 3.26. The number of rotatable bonds is 3. The number of hydrogen-bond acceptors (Lipinski definition) is 4. The van der Waals surface area contributed by atoms with Crippen LogP contribution in [0.25, 0.3) is 11.2 Å². The zero-order valence-electron chi connectivity index (χ0n) is 9.71. The van der Waals surface area contributed by atoms with Gasteiger partial charge in [0.2, 0.25) is 0 Å². The van der Waals surface area contributed by atoms with Crippen LogP contribution in [0.2, 0.25) is 0 Å². The highest BCUT2D eigenvalue weighted by Crippen LogP contribution is 2.25. The summed E-state index contributed by atoms with van der Waals surface area (Å²) in [5.41, 5.74) is 2.87. The SMILES string of the molecule is Brc1ccc(CSc2ncnc3nc[nH]c23)cc1.Cl. The topological polar surface area (TPSA) is 54.5 Å². The lowest BCUT2D eigenvalue weighted by molar-refractivity contribution is 1.08. The van der Waals surface area contributed by atoms with E-state index in [-0.39, 0.29) is 12.4 Å². The van der Waals surface area contributed by atoms with E-state index in [0.29, 0.717) is 5.65 Å². The van der Waals surface area contributed by atoms with Crippen molar-refractivity contribution in [1.82, 2.24) is 19.9 Å². The van der Waals surface area contributed by atoms with Crippen LogP contribution in [0.15, 0.2) is 46.4 Å². The molecule has 1 N–H and O–H groups in total. The number of hydrogen-bond donors (Lipinski definition) is 1. The average Bonchev–Trinajstić information content (AvgIpc) is 2.87. The van der Waals surface area contributed by atoms with E-state index in [1.54, 1.807) is 24.4 Å². The number of thioether (sulfide) groups is 1. The van der Waals surface area contributed by atoms with Gasteiger partial charge in [0.1, 0.15) is 16.9 Å². The zero-order chi connectivity index (χ0) is 12.4. The lowest BCUT2D eigenvalue weighted by Gasteiger charge is -2.02. The maximum Gasteiger partial charge on any atom is 0.181 e. The molecule has 2 heterocycles. The Morgan fingerprint density at radius 1 is 1.11 bits per heavy atom. The van der Waals surface area contributed by atoms with Crippen molar-refractivity contribution in [3.8, 4) is 0 Å². The summed E-state index contributed by atoms with van der Waals surface area (Å²) in [5.74, 6) is 0.873. The van der Waals surface area contributed by atoms with Crippen LogP contribution >= 0.6 is 40.1 Å². The molecule has 0 radical (unpaired) electrons. The van der Waals surface area contributed by atoms with Gasteiger partial charge in [-0.2, -0.15) is 0 Å². The summed E-state index contributed by atoms with van der Waals surface area (Å²) in [6.45, 7) is 0. The quantitative estimate of drug-likeness (QED) is 0.572. The van der Waals surface area contributed by atoms with Crippen LogP contribution in [0.3, 0.4) is 0 Å². The van der Waals surface area contributed by atoms with Crippen molar-refractivity contribution in [2.24, 2.45) is 0 Å². The molecular formula is C12H10BrClN4S. The number of aromatic amines is 1. The second kappa shape index (κ2) is 6.36. The number of nitrogens with zero attached hydrogens (tertiary/aromatic N) is 3. The minimum Gasteiger partial charge on any atom is -0.341 e. The largest absolute Gasteiger partial charge is 0.341 e. The minimum atomic E-state index is 0. The number of aromatic nitrogens is 4. The standard InChI is InChI=1S/C12H9BrN4S.ClH/c13-9-3-1-8(2-4-9)5-18-12-10-11(15-6-14-10)16-7-17-12;/h1-4,6-7H,5H2,(H,14,15,16,17);1H. The molecule has 0 atom stereocenters. The number of halogens is 2. The lowest BCUT2D eigenvalue weighted by Crippen LogP contribution is -1.87. The highest BCUT2D eigenvalue weighted by atomic mass is 79.9. The van der Waals surface area contributed by atoms with E-state index in [9.17, 15) is 0 Å². The van der Waals surface area contributed by atoms with Crippen molar-refractivity contribution < 1.29 is 0 Å². The maximum atomic E-state index is 4.28. The summed E-state index contributed by atoms with van der Waals surface area (Å²) in [6.07, 6.45) is 3.19. The van der Waals surface area contributed by atoms with E-state index in [4.69, 9.17) is 0 Å². The molecule has 0 bridgehead atoms. The molecule has 7 heteroatoms. The van der Waals surface area contributed by atoms with Crippen LogP contribution < -0.4 is 0 Å². The Morgan fingerprint density at radius 2 is 1.89 bits per heavy atom. The van der Waals surface area contributed by atoms with E-state index >= 15 is 0 Å². The molecule has 1 aromatic carbocycles. The summed E-state index contributed by atoms with van der Waals surface area (Å²) < 4.78 is 1.09. The van der Waals surface area contributed by atoms with Crippen LogP contribution in [0.4, 0.5) is 0 Å². The Labute approximate surface area is 129 Å². The fraction of sp³-hybridized carbons (Fsp3) is 0.0833. The van der Waals surface area contributed by atoms with E-state index in [1.165, 1.54) is 5.56 Å². The van der Waals surface area contributed by atoms with Crippen molar-refractivity contribution in [1.29, 1.82) is 0 Å². The van der Waals surface area contributed by atoms with Crippen molar-refractivity contribution >= 4 is 51.3 Å². The summed E-state index contributed by atoms with van der Waals surface area (Å²) in [4.78, 5) is 15.6. The zero-order valence-corrected chi connectivity index (χ0v) is 12.9. The van der Waals surface area contributed by atoms with E-state index in [2.05, 4.69) is 48.0 Å². The predicted octanol–water partition coefficient (Wildman–Crippen LogP) is 3.83. The first-order chi connectivity index (χ1) is 8.83. The molecule has 4 nitrogen and oxygen atoms in total. The number of H-pyrrole nitrogens is 1. The molecule has 0 saturated carbocycles. The molecule has 0 saturated heterocycles. The van der Waals surface area contributed by atoms with Crippen LogP contribution in [-0.2, 0) is 5.75 Å². The van der Waals surface area contributed by atoms with Gasteiger partial charge in [-0.15, -0.1) is 12.4 Å². The Hall–Kier alpha value is -1.11. The molecule has 0 aliphatic carbocycles. The average molecular weight is 358 g/mol. The van der Waals surface area contributed by atoms with Crippen LogP contribution in [0.1, 0.15) is 5.56 Å². The second-order valence-corrected chi connectivity index (χ2v) is 5.57. The molecule has 98 valence electrons. The Bertz CT molecular complexity index is 671. The molecule has 0 aliphatic rings. The van der Waals surface area contributed by atoms with Gasteiger partial charge in [0, 0.05) is 10.2 Å². The van der Waals surface area contributed by atoms with Gasteiger partial charge in [0.25, 0.3) is 0 Å². The third-order valence-corrected chi connectivity index (χ3v) is 4.07. The van der Waals surface area contributed by atoms with Crippen LogP contribution in [0.5, 0.6) is 0 Å². The van der Waals surface area contributed by atoms with Gasteiger partial charge in [-0.1, -0.05) is 39.8 Å². The minimum absolute atomic E-state index is 0. The molecular weight excluding hydrogens is 348 g/mol. The molecule has 0 amide bonds. The Kier molecular flexibility index (Phi) is 4.79. The summed E-state index contributed by atoms with van der Waals surface area (Å²) in [7, 11) is 0. The van der Waals surface area contributed by atoms with E-state index in [0.717, 1.165) is 20.8 Å². The number of imidazole rings is 1. The van der Waals surface area contributed by atoms with Gasteiger partial charge in [-0.3, -0.25) is 0 Å². The first-order valence-corrected chi connectivity index (χ1v) is 7.12. The van der Waals surface area contributed by atoms with Crippen LogP contribution in [-0.4, -0.2) is 19.9 Å². The van der Waals surface area contributed by atoms with E-state index < -0.39 is 0 Å². The summed E-state index contributed by atoms with van der Waals surface area (Å²) in [6, 6.07) is 8.29. The Balaban J connectivity index is 0.00000133. The van der Waals surface area contributed by atoms with Gasteiger partial charge >= 0.3 is 0 Å². The molecule has 0 fully saturated rings. The smallest absolute Gasteiger partial charge is 0.181 e. The monoisotopic (exact) mass is 356 g/mol. The fourth-order valence-corrected chi connectivity index (χ4v) is 2.76. The van der Waals surface area contributed by atoms with Gasteiger partial charge < -0.3 is 4.98 Å². The summed E-state index contributed by atoms with van der Waals surface area (Å²) >= 11 is 5.10. The first-order valence-electron chi connectivity index (χ1n) is 5.34. The third-order valence-electron chi connectivity index (χ3n) is 2.48. The molecule has 3 rings (SSSR count). The number of nitrogens with one attached hydrogen (secondary N) is 1. The highest BCUT2D eigenvalue weighted by Gasteiger charge is 2.06. The molecule has 0 spiro atoms. The summed E-state index contributed by atoms with van der Waals surface area (Å²) in [5, 5.41) is 0.931. The van der Waals surface area contributed by atoms with Crippen molar-refractivity contribution in [3.63, 3.8) is 0 Å². The van der Waals surface area contributed by atoms with Gasteiger partial charge in [0.15, 0.2) is 5.65 Å². The second-order valence-electron chi connectivity index (χ2n) is 3.70. The fourth-order valence-electron chi connectivity index (χ4n) is 1.58. The van der Waals surface area contributed by atoms with Gasteiger partial charge in [-0.05, 0) is 17.7 Å². The van der Waals surface area contributed by atoms with Crippen molar-refractivity contribution in [2.45, 2.75) is 10.8 Å². The van der Waals surface area contributed by atoms with Gasteiger partial charge in [0.05, 0.1) is 6.33 Å². The van der Waals surface area contributed by atoms with Crippen molar-refractivity contribution in [2.75, 3.05) is 0 Å². The first kappa shape index (κ1) is 14.3. The number of fused-ring (bicyclic) bond motifs is 1. The van der Waals surface area contributed by atoms with Gasteiger partial charge in [-0.25, -0.2) is 15.0 Å². The molecule has 3 aromatic rings. The molecule has 19 heavy (non-hydrogen) atoms.